The van der Waals surface area contributed by atoms with Gasteiger partial charge in [-0.1, -0.05) is 23.2 Å². The van der Waals surface area contributed by atoms with Gasteiger partial charge in [-0.3, -0.25) is 0 Å². The monoisotopic (exact) mass is 307 g/mol. The van der Waals surface area contributed by atoms with Gasteiger partial charge in [0.25, 0.3) is 0 Å². The summed E-state index contributed by atoms with van der Waals surface area (Å²) in [4.78, 5) is 10.9. The first-order valence-corrected chi connectivity index (χ1v) is 6.28. The second-order valence-electron chi connectivity index (χ2n) is 3.69. The van der Waals surface area contributed by atoms with Crippen LogP contribution in [-0.4, -0.2) is 26.6 Å². The lowest BCUT2D eigenvalue weighted by atomic mass is 10.1. The van der Waals surface area contributed by atoms with Crippen molar-refractivity contribution < 1.29 is 19.0 Å². The van der Waals surface area contributed by atoms with Crippen molar-refractivity contribution in [2.24, 2.45) is 5.73 Å². The van der Waals surface area contributed by atoms with Crippen LogP contribution in [-0.2, 0) is 14.2 Å². The van der Waals surface area contributed by atoms with Gasteiger partial charge in [0.1, 0.15) is 12.9 Å². The Morgan fingerprint density at radius 3 is 2.79 bits per heavy atom. The number of methoxy groups -OCH3 is 1. The summed E-state index contributed by atoms with van der Waals surface area (Å²) < 4.78 is 14.9. The number of halogens is 2. The first-order chi connectivity index (χ1) is 9.04. The zero-order valence-electron chi connectivity index (χ0n) is 10.4. The fourth-order valence-electron chi connectivity index (χ4n) is 1.51. The van der Waals surface area contributed by atoms with Gasteiger partial charge in [-0.25, -0.2) is 4.79 Å². The molecular formula is C12H15Cl2NO4. The fraction of sp³-hybridized carbons (Fsp3) is 0.417. The number of benzene rings is 1. The van der Waals surface area contributed by atoms with E-state index in [2.05, 4.69) is 0 Å². The van der Waals surface area contributed by atoms with Gasteiger partial charge in [0.05, 0.1) is 6.61 Å². The lowest BCUT2D eigenvalue weighted by Gasteiger charge is -2.18. The van der Waals surface area contributed by atoms with Crippen LogP contribution in [0.5, 0.6) is 0 Å². The van der Waals surface area contributed by atoms with E-state index in [0.717, 1.165) is 0 Å². The predicted molar refractivity (Wildman–Crippen MR) is 72.3 cm³/mol. The first-order valence-electron chi connectivity index (χ1n) is 5.52. The third-order valence-corrected chi connectivity index (χ3v) is 2.87. The van der Waals surface area contributed by atoms with Crippen LogP contribution in [0.3, 0.4) is 0 Å². The summed E-state index contributed by atoms with van der Waals surface area (Å²) in [6.45, 7) is 0.487. The van der Waals surface area contributed by atoms with Crippen LogP contribution < -0.4 is 5.73 Å². The molecule has 0 bridgehead atoms. The van der Waals surface area contributed by atoms with Gasteiger partial charge in [0.2, 0.25) is 0 Å². The molecular weight excluding hydrogens is 293 g/mol. The minimum atomic E-state index is -0.882. The second kappa shape index (κ2) is 8.22. The highest BCUT2D eigenvalue weighted by molar-refractivity contribution is 6.33. The molecule has 1 rings (SSSR count). The van der Waals surface area contributed by atoms with Gasteiger partial charge in [0, 0.05) is 29.1 Å². The molecule has 1 amide bonds. The average molecular weight is 308 g/mol. The van der Waals surface area contributed by atoms with E-state index in [-0.39, 0.29) is 6.79 Å². The van der Waals surface area contributed by atoms with Gasteiger partial charge < -0.3 is 19.9 Å². The maximum Gasteiger partial charge on any atom is 0.405 e. The molecule has 2 N–H and O–H groups in total. The molecule has 7 heteroatoms. The van der Waals surface area contributed by atoms with Crippen LogP contribution in [0.4, 0.5) is 4.79 Å². The lowest BCUT2D eigenvalue weighted by Crippen LogP contribution is -2.19. The van der Waals surface area contributed by atoms with Crippen molar-refractivity contribution in [1.82, 2.24) is 0 Å². The van der Waals surface area contributed by atoms with Crippen molar-refractivity contribution in [2.45, 2.75) is 12.5 Å². The number of carbonyl (C=O) groups excluding carboxylic acids is 1. The summed E-state index contributed by atoms with van der Waals surface area (Å²) in [7, 11) is 1.52. The van der Waals surface area contributed by atoms with Crippen molar-refractivity contribution in [3.8, 4) is 0 Å². The third-order valence-electron chi connectivity index (χ3n) is 2.29. The molecule has 0 aliphatic rings. The van der Waals surface area contributed by atoms with Crippen LogP contribution in [0.25, 0.3) is 0 Å². The summed E-state index contributed by atoms with van der Waals surface area (Å²) >= 11 is 12.0. The van der Waals surface area contributed by atoms with Crippen molar-refractivity contribution in [3.05, 3.63) is 33.8 Å². The highest BCUT2D eigenvalue weighted by Crippen LogP contribution is 2.30. The molecule has 0 aromatic heterocycles. The molecule has 1 atom stereocenters. The number of carbonyl (C=O) groups is 1. The van der Waals surface area contributed by atoms with Crippen molar-refractivity contribution in [3.63, 3.8) is 0 Å². The topological polar surface area (TPSA) is 70.8 Å². The molecule has 0 aliphatic heterocycles. The summed E-state index contributed by atoms with van der Waals surface area (Å²) in [5, 5.41) is 0.942. The minimum Gasteiger partial charge on any atom is -0.441 e. The molecule has 5 nitrogen and oxygen atoms in total. The Kier molecular flexibility index (Phi) is 6.94. The van der Waals surface area contributed by atoms with Gasteiger partial charge in [-0.2, -0.15) is 0 Å². The number of amides is 1. The van der Waals surface area contributed by atoms with Gasteiger partial charge >= 0.3 is 6.09 Å². The van der Waals surface area contributed by atoms with E-state index < -0.39 is 12.2 Å². The Bertz CT molecular complexity index is 428. The van der Waals surface area contributed by atoms with Crippen molar-refractivity contribution in [1.29, 1.82) is 0 Å². The van der Waals surface area contributed by atoms with E-state index >= 15 is 0 Å². The van der Waals surface area contributed by atoms with E-state index in [4.69, 9.17) is 43.1 Å². The predicted octanol–water partition coefficient (Wildman–Crippen LogP) is 3.14. The van der Waals surface area contributed by atoms with Gasteiger partial charge in [0.15, 0.2) is 0 Å². The molecule has 1 aromatic rings. The molecule has 0 saturated heterocycles. The highest BCUT2D eigenvalue weighted by Gasteiger charge is 2.18. The Labute approximate surface area is 121 Å². The van der Waals surface area contributed by atoms with Crippen molar-refractivity contribution >= 4 is 29.3 Å². The standard InChI is InChI=1S/C12H15Cl2NO4/c1-17-7-18-5-4-11(19-12(15)16)9-6-8(13)2-3-10(9)14/h2-3,6,11H,4-5,7H2,1H3,(H2,15,16)/t11-/m1/s1. The van der Waals surface area contributed by atoms with E-state index in [9.17, 15) is 4.79 Å². The van der Waals surface area contributed by atoms with Crippen LogP contribution >= 0.6 is 23.2 Å². The minimum absolute atomic E-state index is 0.159. The summed E-state index contributed by atoms with van der Waals surface area (Å²) in [6.07, 6.45) is -1.10. The van der Waals surface area contributed by atoms with Crippen molar-refractivity contribution in [2.75, 3.05) is 20.5 Å². The molecule has 106 valence electrons. The number of hydrogen-bond acceptors (Lipinski definition) is 4. The van der Waals surface area contributed by atoms with Gasteiger partial charge in [-0.05, 0) is 18.2 Å². The van der Waals surface area contributed by atoms with E-state index in [1.54, 1.807) is 18.2 Å². The SMILES string of the molecule is COCOCC[C@@H](OC(N)=O)c1cc(Cl)ccc1Cl. The lowest BCUT2D eigenvalue weighted by molar-refractivity contribution is -0.0407. The smallest absolute Gasteiger partial charge is 0.405 e. The zero-order chi connectivity index (χ0) is 14.3. The maximum atomic E-state index is 10.9. The largest absolute Gasteiger partial charge is 0.441 e. The summed E-state index contributed by atoms with van der Waals surface area (Å²) in [6, 6.07) is 4.91. The molecule has 1 aromatic carbocycles. The number of rotatable bonds is 7. The number of primary amides is 1. The van der Waals surface area contributed by atoms with Crippen LogP contribution in [0, 0.1) is 0 Å². The van der Waals surface area contributed by atoms with Crippen LogP contribution in [0.1, 0.15) is 18.1 Å². The van der Waals surface area contributed by atoms with Gasteiger partial charge in [-0.15, -0.1) is 0 Å². The normalized spacial score (nSPS) is 12.2. The average Bonchev–Trinajstić information content (AvgIpc) is 2.36. The summed E-state index contributed by atoms with van der Waals surface area (Å²) in [5.74, 6) is 0. The molecule has 0 fully saturated rings. The highest BCUT2D eigenvalue weighted by atomic mass is 35.5. The third kappa shape index (κ3) is 5.65. The fourth-order valence-corrected chi connectivity index (χ4v) is 1.93. The van der Waals surface area contributed by atoms with Crippen LogP contribution in [0.2, 0.25) is 10.0 Å². The van der Waals surface area contributed by atoms with E-state index in [1.807, 2.05) is 0 Å². The molecule has 0 aliphatic carbocycles. The molecule has 0 saturated carbocycles. The zero-order valence-corrected chi connectivity index (χ0v) is 11.9. The Hall–Kier alpha value is -1.01. The maximum absolute atomic E-state index is 10.9. The second-order valence-corrected chi connectivity index (χ2v) is 4.54. The van der Waals surface area contributed by atoms with E-state index in [0.29, 0.717) is 28.6 Å². The van der Waals surface area contributed by atoms with Crippen LogP contribution in [0.15, 0.2) is 18.2 Å². The Morgan fingerprint density at radius 1 is 1.42 bits per heavy atom. The Morgan fingerprint density at radius 2 is 2.16 bits per heavy atom. The quantitative estimate of drug-likeness (QED) is 0.620. The number of ether oxygens (including phenoxy) is 3. The molecule has 0 heterocycles. The molecule has 0 spiro atoms. The molecule has 19 heavy (non-hydrogen) atoms. The summed E-state index contributed by atoms with van der Waals surface area (Å²) in [5.41, 5.74) is 5.64. The molecule has 0 radical (unpaired) electrons. The van der Waals surface area contributed by atoms with E-state index in [1.165, 1.54) is 7.11 Å². The Balaban J connectivity index is 2.77. The molecule has 0 unspecified atom stereocenters. The number of nitrogens with two attached hydrogens (primary N) is 1. The first kappa shape index (κ1) is 16.0. The number of hydrogen-bond donors (Lipinski definition) is 1.